The average Bonchev–Trinajstić information content (AvgIpc) is 2.74. The van der Waals surface area contributed by atoms with Crippen LogP contribution in [0.2, 0.25) is 0 Å². The monoisotopic (exact) mass is 416 g/mol. The molecular formula is C22H22FO5P. The van der Waals surface area contributed by atoms with Gasteiger partial charge in [-0.1, -0.05) is 66.7 Å². The van der Waals surface area contributed by atoms with E-state index in [0.29, 0.717) is 0 Å². The van der Waals surface area contributed by atoms with Crippen LogP contribution < -0.4 is 4.74 Å². The summed E-state index contributed by atoms with van der Waals surface area (Å²) >= 11 is 0. The Labute approximate surface area is 169 Å². The molecule has 29 heavy (non-hydrogen) atoms. The van der Waals surface area contributed by atoms with E-state index in [1.165, 1.54) is 12.1 Å². The van der Waals surface area contributed by atoms with Crippen molar-refractivity contribution in [1.82, 2.24) is 0 Å². The first-order valence-electron chi connectivity index (χ1n) is 9.04. The van der Waals surface area contributed by atoms with Crippen LogP contribution in [0.3, 0.4) is 0 Å². The molecule has 0 amide bonds. The lowest BCUT2D eigenvalue weighted by Gasteiger charge is -2.18. The molecule has 7 heteroatoms. The molecule has 152 valence electrons. The molecule has 0 bridgehead atoms. The second kappa shape index (κ2) is 10.3. The molecule has 0 aliphatic heterocycles. The fourth-order valence-corrected chi connectivity index (χ4v) is 3.46. The van der Waals surface area contributed by atoms with Gasteiger partial charge in [0.2, 0.25) is 6.79 Å². The van der Waals surface area contributed by atoms with E-state index in [1.54, 1.807) is 13.0 Å². The summed E-state index contributed by atoms with van der Waals surface area (Å²) in [6.07, 6.45) is 0. The molecule has 3 rings (SSSR count). The second-order valence-corrected chi connectivity index (χ2v) is 7.96. The van der Waals surface area contributed by atoms with E-state index in [-0.39, 0.29) is 19.0 Å². The zero-order valence-electron chi connectivity index (χ0n) is 16.0. The number of benzene rings is 3. The normalized spacial score (nSPS) is 11.4. The maximum absolute atomic E-state index is 13.9. The third-order valence-corrected chi connectivity index (χ3v) is 5.29. The zero-order valence-corrected chi connectivity index (χ0v) is 16.9. The molecule has 3 aromatic carbocycles. The largest absolute Gasteiger partial charge is 0.478 e. The van der Waals surface area contributed by atoms with Crippen LogP contribution in [0.25, 0.3) is 0 Å². The van der Waals surface area contributed by atoms with E-state index >= 15 is 0 Å². The molecule has 3 aromatic rings. The van der Waals surface area contributed by atoms with Crippen molar-refractivity contribution >= 4 is 7.82 Å². The summed E-state index contributed by atoms with van der Waals surface area (Å²) in [5, 5.41) is 0. The van der Waals surface area contributed by atoms with Crippen LogP contribution in [0.5, 0.6) is 5.75 Å². The second-order valence-electron chi connectivity index (χ2n) is 6.29. The first kappa shape index (κ1) is 21.2. The molecular weight excluding hydrogens is 394 g/mol. The van der Waals surface area contributed by atoms with Gasteiger partial charge in [-0.2, -0.15) is 0 Å². The number of hydrogen-bond acceptors (Lipinski definition) is 5. The van der Waals surface area contributed by atoms with Gasteiger partial charge in [0, 0.05) is 0 Å². The van der Waals surface area contributed by atoms with Crippen molar-refractivity contribution in [3.63, 3.8) is 0 Å². The summed E-state index contributed by atoms with van der Waals surface area (Å²) < 4.78 is 48.4. The van der Waals surface area contributed by atoms with Crippen molar-refractivity contribution in [1.29, 1.82) is 0 Å². The maximum Gasteiger partial charge on any atom is 0.478 e. The lowest BCUT2D eigenvalue weighted by molar-refractivity contribution is 0.0426. The Kier molecular flexibility index (Phi) is 7.55. The maximum atomic E-state index is 13.9. The predicted octanol–water partition coefficient (Wildman–Crippen LogP) is 6.03. The van der Waals surface area contributed by atoms with Crippen LogP contribution >= 0.6 is 7.82 Å². The van der Waals surface area contributed by atoms with Crippen LogP contribution in [-0.2, 0) is 31.4 Å². The predicted molar refractivity (Wildman–Crippen MR) is 108 cm³/mol. The molecule has 0 unspecified atom stereocenters. The van der Waals surface area contributed by atoms with Crippen molar-refractivity contribution < 1.29 is 27.3 Å². The molecule has 0 radical (unpaired) electrons. The molecule has 0 spiro atoms. The fourth-order valence-electron chi connectivity index (χ4n) is 2.44. The minimum absolute atomic E-state index is 0.00623. The van der Waals surface area contributed by atoms with E-state index in [9.17, 15) is 8.96 Å². The van der Waals surface area contributed by atoms with Crippen LogP contribution in [0.1, 0.15) is 16.7 Å². The molecule has 0 aliphatic carbocycles. The molecule has 0 aliphatic rings. The summed E-state index contributed by atoms with van der Waals surface area (Å²) in [4.78, 5) is 0. The molecule has 5 nitrogen and oxygen atoms in total. The van der Waals surface area contributed by atoms with Crippen LogP contribution in [0.15, 0.2) is 78.9 Å². The number of rotatable bonds is 10. The lowest BCUT2D eigenvalue weighted by atomic mass is 10.2. The highest BCUT2D eigenvalue weighted by atomic mass is 31.2. The fraction of sp³-hybridized carbons (Fsp3) is 0.182. The lowest BCUT2D eigenvalue weighted by Crippen LogP contribution is -2.07. The van der Waals surface area contributed by atoms with Crippen molar-refractivity contribution in [2.75, 3.05) is 6.79 Å². The number of halogens is 1. The Balaban J connectivity index is 1.63. The molecule has 0 aromatic heterocycles. The molecule has 0 saturated heterocycles. The molecule has 0 fully saturated rings. The summed E-state index contributed by atoms with van der Waals surface area (Å²) in [5.41, 5.74) is 2.38. The van der Waals surface area contributed by atoms with Crippen LogP contribution in [0.4, 0.5) is 4.39 Å². The number of hydrogen-bond donors (Lipinski definition) is 0. The van der Waals surface area contributed by atoms with E-state index < -0.39 is 20.4 Å². The van der Waals surface area contributed by atoms with Crippen LogP contribution in [0, 0.1) is 12.7 Å². The van der Waals surface area contributed by atoms with Gasteiger partial charge in [0.1, 0.15) is 0 Å². The first-order valence-corrected chi connectivity index (χ1v) is 10.5. The van der Waals surface area contributed by atoms with Gasteiger partial charge in [-0.15, -0.1) is 0 Å². The van der Waals surface area contributed by atoms with Crippen LogP contribution in [-0.4, -0.2) is 6.79 Å². The third kappa shape index (κ3) is 6.80. The summed E-state index contributed by atoms with van der Waals surface area (Å²) in [5.74, 6) is -0.535. The molecule has 0 heterocycles. The smallest absolute Gasteiger partial charge is 0.464 e. The first-order chi connectivity index (χ1) is 14.0. The highest BCUT2D eigenvalue weighted by Crippen LogP contribution is 2.51. The topological polar surface area (TPSA) is 54.0 Å². The van der Waals surface area contributed by atoms with E-state index in [1.807, 2.05) is 60.7 Å². The molecule has 0 atom stereocenters. The highest BCUT2D eigenvalue weighted by molar-refractivity contribution is 7.48. The summed E-state index contributed by atoms with van der Waals surface area (Å²) in [7, 11) is -3.96. The van der Waals surface area contributed by atoms with E-state index in [2.05, 4.69) is 0 Å². The summed E-state index contributed by atoms with van der Waals surface area (Å²) in [6.45, 7) is 1.35. The Morgan fingerprint density at radius 2 is 1.34 bits per heavy atom. The number of ether oxygens (including phenoxy) is 1. The standard InChI is InChI=1S/C22H22FO5P/c1-18-12-13-22(21(23)14-18)25-17-28-29(24,26-15-19-8-4-2-5-9-19)27-16-20-10-6-3-7-11-20/h2-14H,15-17H2,1H3. The third-order valence-electron chi connectivity index (χ3n) is 3.98. The molecule has 0 saturated carbocycles. The Morgan fingerprint density at radius 3 is 1.86 bits per heavy atom. The van der Waals surface area contributed by atoms with Crippen molar-refractivity contribution in [2.45, 2.75) is 20.1 Å². The highest BCUT2D eigenvalue weighted by Gasteiger charge is 2.27. The van der Waals surface area contributed by atoms with Crippen molar-refractivity contribution in [3.8, 4) is 5.75 Å². The Morgan fingerprint density at radius 1 is 0.793 bits per heavy atom. The van der Waals surface area contributed by atoms with E-state index in [4.69, 9.17) is 18.3 Å². The Hall–Kier alpha value is -2.50. The van der Waals surface area contributed by atoms with Gasteiger partial charge in [0.15, 0.2) is 11.6 Å². The van der Waals surface area contributed by atoms with E-state index in [0.717, 1.165) is 16.7 Å². The van der Waals surface area contributed by atoms with Gasteiger partial charge in [-0.25, -0.2) is 13.5 Å². The number of aryl methyl sites for hydroxylation is 1. The Bertz CT molecular complexity index is 902. The van der Waals surface area contributed by atoms with Gasteiger partial charge < -0.3 is 4.74 Å². The minimum atomic E-state index is -3.96. The number of phosphoric ester groups is 1. The van der Waals surface area contributed by atoms with Gasteiger partial charge in [0.05, 0.1) is 13.2 Å². The number of phosphoric acid groups is 1. The average molecular weight is 416 g/mol. The van der Waals surface area contributed by atoms with Gasteiger partial charge in [-0.3, -0.25) is 9.05 Å². The molecule has 0 N–H and O–H groups in total. The minimum Gasteiger partial charge on any atom is -0.464 e. The van der Waals surface area contributed by atoms with Crippen molar-refractivity contribution in [3.05, 3.63) is 101 Å². The SMILES string of the molecule is Cc1ccc(OCOP(=O)(OCc2ccccc2)OCc2ccccc2)c(F)c1. The zero-order chi connectivity index (χ0) is 20.5. The van der Waals surface area contributed by atoms with Crippen molar-refractivity contribution in [2.24, 2.45) is 0 Å². The van der Waals surface area contributed by atoms with Gasteiger partial charge in [0.25, 0.3) is 0 Å². The van der Waals surface area contributed by atoms with Gasteiger partial charge >= 0.3 is 7.82 Å². The summed E-state index contributed by atoms with van der Waals surface area (Å²) in [6, 6.07) is 23.0. The quantitative estimate of drug-likeness (QED) is 0.298. The van der Waals surface area contributed by atoms with Gasteiger partial charge in [-0.05, 0) is 35.7 Å².